The minimum atomic E-state index is -0.903. The molecule has 3 nitrogen and oxygen atoms in total. The number of rotatable bonds is 38. The van der Waals surface area contributed by atoms with E-state index < -0.39 is 5.97 Å². The smallest absolute Gasteiger partial charge is 0.0414 e. The van der Waals surface area contributed by atoms with Crippen LogP contribution in [0.5, 0.6) is 0 Å². The van der Waals surface area contributed by atoms with Crippen LogP contribution in [0.15, 0.2) is 0 Å². The maximum atomic E-state index is 10.2. The fourth-order valence-electron chi connectivity index (χ4n) is 6.24. The number of hydrogen-bond donors (Lipinski definition) is 1. The Morgan fingerprint density at radius 1 is 0.333 bits per heavy atom. The van der Waals surface area contributed by atoms with Crippen LogP contribution in [0, 0.1) is 0 Å². The highest BCUT2D eigenvalue weighted by atomic mass is 16.4. The summed E-state index contributed by atoms with van der Waals surface area (Å²) < 4.78 is 0. The van der Waals surface area contributed by atoms with E-state index in [1.165, 1.54) is 225 Å². The summed E-state index contributed by atoms with van der Waals surface area (Å²) in [7, 11) is 0. The average Bonchev–Trinajstić information content (AvgIpc) is 3.04. The Balaban J connectivity index is 0. The number of carbonyl (C=O) groups excluding carboxylic acids is 1. The molecule has 45 heavy (non-hydrogen) atoms. The van der Waals surface area contributed by atoms with Crippen molar-refractivity contribution in [3.8, 4) is 0 Å². The van der Waals surface area contributed by atoms with Crippen molar-refractivity contribution in [3.63, 3.8) is 0 Å². The van der Waals surface area contributed by atoms with Crippen LogP contribution in [0.3, 0.4) is 0 Å². The molecule has 1 N–H and O–H groups in total. The molecule has 0 spiro atoms. The molecule has 0 aromatic rings. The molecule has 0 unspecified atom stereocenters. The van der Waals surface area contributed by atoms with E-state index in [-0.39, 0.29) is 6.42 Å². The number of carbonyl (C=O) groups is 1. The first-order valence-electron chi connectivity index (χ1n) is 21.1. The molecule has 0 saturated carbocycles. The second kappa shape index (κ2) is 45.6. The molecule has 0 bridgehead atoms. The molecule has 0 rings (SSSR count). The maximum absolute atomic E-state index is 10.2. The van der Waals surface area contributed by atoms with Crippen LogP contribution < -0.4 is 10.4 Å². The normalized spacial score (nSPS) is 11.1. The third-order valence-electron chi connectivity index (χ3n) is 9.40. The van der Waals surface area contributed by atoms with E-state index in [4.69, 9.17) is 0 Å². The van der Waals surface area contributed by atoms with Crippen LogP contribution in [-0.2, 0) is 4.79 Å². The van der Waals surface area contributed by atoms with Crippen LogP contribution in [0.4, 0.5) is 0 Å². The van der Waals surface area contributed by atoms with Gasteiger partial charge in [0.15, 0.2) is 0 Å². The fourth-order valence-corrected chi connectivity index (χ4v) is 6.24. The van der Waals surface area contributed by atoms with Crippen LogP contribution >= 0.6 is 0 Å². The highest BCUT2D eigenvalue weighted by Crippen LogP contribution is 2.14. The summed E-state index contributed by atoms with van der Waals surface area (Å²) in [5.41, 5.74) is 0. The lowest BCUT2D eigenvalue weighted by atomic mass is 10.0. The summed E-state index contributed by atoms with van der Waals surface area (Å²) in [6.45, 7) is 9.35. The molecule has 0 radical (unpaired) electrons. The molecule has 0 aliphatic carbocycles. The minimum Gasteiger partial charge on any atom is -0.550 e. The van der Waals surface area contributed by atoms with Gasteiger partial charge >= 0.3 is 0 Å². The summed E-state index contributed by atoms with van der Waals surface area (Å²) in [4.78, 5) is 10.2. The first-order chi connectivity index (χ1) is 22.2. The van der Waals surface area contributed by atoms with Crippen molar-refractivity contribution in [2.45, 2.75) is 252 Å². The van der Waals surface area contributed by atoms with Gasteiger partial charge in [-0.25, -0.2) is 0 Å². The number of hydrogen-bond acceptors (Lipinski definition) is 3. The largest absolute Gasteiger partial charge is 0.550 e. The monoisotopic (exact) mass is 637 g/mol. The highest BCUT2D eigenvalue weighted by Gasteiger charge is 1.96. The van der Waals surface area contributed by atoms with Gasteiger partial charge in [-0.1, -0.05) is 226 Å². The van der Waals surface area contributed by atoms with Crippen LogP contribution in [-0.4, -0.2) is 19.1 Å². The number of carboxylic acids is 1. The summed E-state index contributed by atoms with van der Waals surface area (Å²) in [6, 6.07) is 0. The van der Waals surface area contributed by atoms with E-state index in [9.17, 15) is 9.90 Å². The minimum absolute atomic E-state index is 0.234. The van der Waals surface area contributed by atoms with E-state index in [0.29, 0.717) is 0 Å². The second-order valence-electron chi connectivity index (χ2n) is 14.2. The van der Waals surface area contributed by atoms with Gasteiger partial charge < -0.3 is 15.2 Å². The first-order valence-corrected chi connectivity index (χ1v) is 21.1. The Labute approximate surface area is 285 Å². The van der Waals surface area contributed by atoms with Crippen molar-refractivity contribution >= 4 is 5.97 Å². The Morgan fingerprint density at radius 2 is 0.533 bits per heavy atom. The van der Waals surface area contributed by atoms with Crippen molar-refractivity contribution in [2.24, 2.45) is 0 Å². The molecule has 0 heterocycles. The molecule has 272 valence electrons. The van der Waals surface area contributed by atoms with E-state index in [0.717, 1.165) is 12.8 Å². The van der Waals surface area contributed by atoms with Gasteiger partial charge in [-0.2, -0.15) is 0 Å². The highest BCUT2D eigenvalue weighted by molar-refractivity contribution is 5.64. The summed E-state index contributed by atoms with van der Waals surface area (Å²) in [5, 5.41) is 13.9. The molecule has 0 aliphatic heterocycles. The van der Waals surface area contributed by atoms with Gasteiger partial charge in [-0.3, -0.25) is 0 Å². The molecule has 0 aliphatic rings. The van der Waals surface area contributed by atoms with Gasteiger partial charge in [-0.05, 0) is 38.8 Å². The zero-order valence-corrected chi connectivity index (χ0v) is 31.7. The van der Waals surface area contributed by atoms with E-state index in [1.54, 1.807) is 0 Å². The fraction of sp³-hybridized carbons (Fsp3) is 0.976. The number of nitrogens with one attached hydrogen (secondary N) is 1. The Kier molecular flexibility index (Phi) is 47.1. The van der Waals surface area contributed by atoms with Crippen molar-refractivity contribution < 1.29 is 9.90 Å². The van der Waals surface area contributed by atoms with E-state index in [2.05, 4.69) is 26.1 Å². The van der Waals surface area contributed by atoms with Gasteiger partial charge in [0.05, 0.1) is 0 Å². The van der Waals surface area contributed by atoms with Crippen molar-refractivity contribution in [1.29, 1.82) is 0 Å². The summed E-state index contributed by atoms with van der Waals surface area (Å²) in [6.07, 6.45) is 48.6. The summed E-state index contributed by atoms with van der Waals surface area (Å²) >= 11 is 0. The van der Waals surface area contributed by atoms with Gasteiger partial charge in [0.2, 0.25) is 0 Å². The van der Waals surface area contributed by atoms with E-state index >= 15 is 0 Å². The number of unbranched alkanes of at least 4 members (excludes halogenated alkanes) is 32. The topological polar surface area (TPSA) is 52.2 Å². The molecular formula is C42H86NO2-. The average molecular weight is 637 g/mol. The number of aliphatic carboxylic acids is 1. The Morgan fingerprint density at radius 3 is 0.756 bits per heavy atom. The predicted octanol–water partition coefficient (Wildman–Crippen LogP) is 13.4. The zero-order chi connectivity index (χ0) is 33.2. The third kappa shape index (κ3) is 50.5. The lowest BCUT2D eigenvalue weighted by Crippen LogP contribution is -2.21. The van der Waals surface area contributed by atoms with Crippen molar-refractivity contribution in [1.82, 2.24) is 5.32 Å². The molecule has 0 atom stereocenters. The first kappa shape index (κ1) is 46.5. The summed E-state index contributed by atoms with van der Waals surface area (Å²) in [5.74, 6) is -0.903. The quantitative estimate of drug-likeness (QED) is 0.0686. The second-order valence-corrected chi connectivity index (χ2v) is 14.2. The molecule has 0 fully saturated rings. The Hall–Kier alpha value is -0.570. The molecule has 0 saturated heterocycles. The molecular weight excluding hydrogens is 550 g/mol. The number of carboxylic acid groups (broad SMARTS) is 1. The van der Waals surface area contributed by atoms with Crippen molar-refractivity contribution in [3.05, 3.63) is 0 Å². The standard InChI is InChI=1S/C24H51N.C18H36O2/c1-3-5-7-9-11-13-15-17-19-21-23-25-24-22-20-18-16-14-12-10-8-6-4-2;1-2-3-4-5-6-7-8-9-10-11-12-13-14-15-16-17-18(19)20/h25H,3-24H2,1-2H3;2-17H2,1H3,(H,19,20)/p-1. The molecule has 0 aromatic carbocycles. The van der Waals surface area contributed by atoms with Gasteiger partial charge in [0.1, 0.15) is 0 Å². The van der Waals surface area contributed by atoms with Crippen LogP contribution in [0.1, 0.15) is 252 Å². The molecule has 0 amide bonds. The zero-order valence-electron chi connectivity index (χ0n) is 31.7. The molecule has 0 aromatic heterocycles. The van der Waals surface area contributed by atoms with Gasteiger partial charge in [0, 0.05) is 5.97 Å². The molecule has 3 heteroatoms. The van der Waals surface area contributed by atoms with Crippen LogP contribution in [0.2, 0.25) is 0 Å². The SMILES string of the molecule is CCCCCCCCCCCCCCCCCC(=O)[O-].CCCCCCCCCCCCNCCCCCCCCCCCC. The third-order valence-corrected chi connectivity index (χ3v) is 9.40. The van der Waals surface area contributed by atoms with E-state index in [1.807, 2.05) is 0 Å². The predicted molar refractivity (Wildman–Crippen MR) is 201 cm³/mol. The van der Waals surface area contributed by atoms with Crippen molar-refractivity contribution in [2.75, 3.05) is 13.1 Å². The van der Waals surface area contributed by atoms with Gasteiger partial charge in [-0.15, -0.1) is 0 Å². The Bertz CT molecular complexity index is 487. The maximum Gasteiger partial charge on any atom is 0.0414 e. The lowest BCUT2D eigenvalue weighted by Gasteiger charge is -2.05. The van der Waals surface area contributed by atoms with Crippen LogP contribution in [0.25, 0.3) is 0 Å². The lowest BCUT2D eigenvalue weighted by molar-refractivity contribution is -0.305. The van der Waals surface area contributed by atoms with Gasteiger partial charge in [0.25, 0.3) is 0 Å².